The molecule has 1 aromatic carbocycles. The summed E-state index contributed by atoms with van der Waals surface area (Å²) >= 11 is 9.01. The van der Waals surface area contributed by atoms with E-state index in [-0.39, 0.29) is 5.02 Å². The Morgan fingerprint density at radius 3 is 2.78 bits per heavy atom. The van der Waals surface area contributed by atoms with Gasteiger partial charge >= 0.3 is 0 Å². The first kappa shape index (κ1) is 13.2. The minimum absolute atomic E-state index is 0.120. The lowest BCUT2D eigenvalue weighted by molar-refractivity contribution is 0.627. The van der Waals surface area contributed by atoms with Gasteiger partial charge in [0, 0.05) is 12.6 Å². The normalized spacial score (nSPS) is 10.4. The van der Waals surface area contributed by atoms with Crippen LogP contribution in [0.15, 0.2) is 28.9 Å². The molecule has 0 aliphatic heterocycles. The number of rotatable bonds is 3. The average Bonchev–Trinajstić information content (AvgIpc) is 2.29. The summed E-state index contributed by atoms with van der Waals surface area (Å²) < 4.78 is 13.7. The second-order valence-electron chi connectivity index (χ2n) is 3.73. The molecule has 0 radical (unpaired) electrons. The Balaban J connectivity index is 2.08. The number of benzene rings is 1. The third-order valence-electron chi connectivity index (χ3n) is 2.26. The van der Waals surface area contributed by atoms with Gasteiger partial charge < -0.3 is 5.32 Å². The summed E-state index contributed by atoms with van der Waals surface area (Å²) in [6.45, 7) is 2.33. The maximum absolute atomic E-state index is 13.0. The molecule has 1 heterocycles. The Bertz CT molecular complexity index is 557. The molecular weight excluding hydrogens is 321 g/mol. The maximum Gasteiger partial charge on any atom is 0.141 e. The van der Waals surface area contributed by atoms with Crippen molar-refractivity contribution in [1.82, 2.24) is 9.97 Å². The van der Waals surface area contributed by atoms with Gasteiger partial charge in [-0.25, -0.2) is 14.4 Å². The number of nitrogens with zero attached hydrogens (tertiary/aromatic N) is 2. The van der Waals surface area contributed by atoms with Crippen molar-refractivity contribution in [1.29, 1.82) is 0 Å². The highest BCUT2D eigenvalue weighted by Gasteiger charge is 2.02. The molecule has 18 heavy (non-hydrogen) atoms. The zero-order valence-electron chi connectivity index (χ0n) is 9.54. The lowest BCUT2D eigenvalue weighted by Gasteiger charge is -2.07. The molecule has 0 saturated carbocycles. The molecule has 0 atom stereocenters. The number of aryl methyl sites for hydroxylation is 1. The topological polar surface area (TPSA) is 37.8 Å². The largest absolute Gasteiger partial charge is 0.366 e. The first-order valence-corrected chi connectivity index (χ1v) is 6.40. The zero-order valence-corrected chi connectivity index (χ0v) is 11.9. The third kappa shape index (κ3) is 3.40. The van der Waals surface area contributed by atoms with E-state index in [2.05, 4.69) is 31.2 Å². The lowest BCUT2D eigenvalue weighted by atomic mass is 10.2. The molecule has 1 N–H and O–H groups in total. The predicted octanol–water partition coefficient (Wildman–Crippen LogP) is 3.95. The maximum atomic E-state index is 13.0. The van der Waals surface area contributed by atoms with Crippen molar-refractivity contribution in [2.75, 3.05) is 5.32 Å². The van der Waals surface area contributed by atoms with E-state index >= 15 is 0 Å². The Kier molecular flexibility index (Phi) is 4.14. The molecule has 0 fully saturated rings. The van der Waals surface area contributed by atoms with Crippen molar-refractivity contribution in [2.24, 2.45) is 0 Å². The minimum atomic E-state index is -0.416. The Hall–Kier alpha value is -1.20. The first-order valence-electron chi connectivity index (χ1n) is 5.23. The molecule has 94 valence electrons. The summed E-state index contributed by atoms with van der Waals surface area (Å²) in [6, 6.07) is 6.39. The Morgan fingerprint density at radius 2 is 2.11 bits per heavy atom. The van der Waals surface area contributed by atoms with Crippen LogP contribution in [0.25, 0.3) is 0 Å². The monoisotopic (exact) mass is 329 g/mol. The van der Waals surface area contributed by atoms with Crippen LogP contribution >= 0.6 is 27.5 Å². The van der Waals surface area contributed by atoms with Gasteiger partial charge in [-0.15, -0.1) is 0 Å². The minimum Gasteiger partial charge on any atom is -0.366 e. The van der Waals surface area contributed by atoms with Gasteiger partial charge in [0.05, 0.1) is 5.02 Å². The van der Waals surface area contributed by atoms with Gasteiger partial charge in [-0.3, -0.25) is 0 Å². The third-order valence-corrected chi connectivity index (χ3v) is 2.96. The average molecular weight is 331 g/mol. The van der Waals surface area contributed by atoms with E-state index < -0.39 is 5.82 Å². The number of hydrogen-bond donors (Lipinski definition) is 1. The van der Waals surface area contributed by atoms with Crippen LogP contribution < -0.4 is 5.32 Å². The van der Waals surface area contributed by atoms with Gasteiger partial charge in [-0.2, -0.15) is 0 Å². The van der Waals surface area contributed by atoms with E-state index in [4.69, 9.17) is 11.6 Å². The highest BCUT2D eigenvalue weighted by molar-refractivity contribution is 9.10. The Labute approximate surface area is 118 Å². The van der Waals surface area contributed by atoms with E-state index in [0.29, 0.717) is 18.2 Å². The van der Waals surface area contributed by atoms with E-state index in [1.165, 1.54) is 6.07 Å². The van der Waals surface area contributed by atoms with E-state index in [9.17, 15) is 4.39 Å². The SMILES string of the molecule is Cc1nc(Br)cc(NCc2ccc(F)c(Cl)c2)n1. The van der Waals surface area contributed by atoms with Gasteiger partial charge in [-0.1, -0.05) is 17.7 Å². The molecule has 2 aromatic rings. The summed E-state index contributed by atoms with van der Waals surface area (Å²) in [5, 5.41) is 3.25. The quantitative estimate of drug-likeness (QED) is 0.866. The van der Waals surface area contributed by atoms with Crippen LogP contribution in [0, 0.1) is 12.7 Å². The molecule has 0 unspecified atom stereocenters. The zero-order chi connectivity index (χ0) is 13.1. The van der Waals surface area contributed by atoms with Crippen molar-refractivity contribution in [3.8, 4) is 0 Å². The highest BCUT2D eigenvalue weighted by atomic mass is 79.9. The fourth-order valence-corrected chi connectivity index (χ4v) is 2.14. The molecule has 0 bridgehead atoms. The molecule has 0 spiro atoms. The van der Waals surface area contributed by atoms with Gasteiger partial charge in [0.25, 0.3) is 0 Å². The molecule has 6 heteroatoms. The highest BCUT2D eigenvalue weighted by Crippen LogP contribution is 2.17. The van der Waals surface area contributed by atoms with Gasteiger partial charge in [0.1, 0.15) is 22.1 Å². The van der Waals surface area contributed by atoms with Crippen LogP contribution in [-0.2, 0) is 6.54 Å². The second kappa shape index (κ2) is 5.63. The van der Waals surface area contributed by atoms with Crippen LogP contribution in [0.5, 0.6) is 0 Å². The van der Waals surface area contributed by atoms with Crippen molar-refractivity contribution >= 4 is 33.3 Å². The Morgan fingerprint density at radius 1 is 1.33 bits per heavy atom. The molecule has 3 nitrogen and oxygen atoms in total. The standard InChI is InChI=1S/C12H10BrClFN3/c1-7-17-11(13)5-12(18-7)16-6-8-2-3-10(15)9(14)4-8/h2-5H,6H2,1H3,(H,16,17,18). The van der Waals surface area contributed by atoms with E-state index in [1.54, 1.807) is 18.2 Å². The van der Waals surface area contributed by atoms with Crippen molar-refractivity contribution < 1.29 is 4.39 Å². The van der Waals surface area contributed by atoms with E-state index in [1.807, 2.05) is 6.92 Å². The molecular formula is C12H10BrClFN3. The van der Waals surface area contributed by atoms with Crippen LogP contribution in [0.3, 0.4) is 0 Å². The van der Waals surface area contributed by atoms with Crippen LogP contribution in [0.2, 0.25) is 5.02 Å². The van der Waals surface area contributed by atoms with Crippen molar-refractivity contribution in [2.45, 2.75) is 13.5 Å². The van der Waals surface area contributed by atoms with E-state index in [0.717, 1.165) is 10.2 Å². The smallest absolute Gasteiger partial charge is 0.141 e. The number of hydrogen-bond acceptors (Lipinski definition) is 3. The summed E-state index contributed by atoms with van der Waals surface area (Å²) in [4.78, 5) is 8.34. The van der Waals surface area contributed by atoms with Gasteiger partial charge in [0.15, 0.2) is 0 Å². The fourth-order valence-electron chi connectivity index (χ4n) is 1.46. The van der Waals surface area contributed by atoms with Gasteiger partial charge in [0.2, 0.25) is 0 Å². The fraction of sp³-hybridized carbons (Fsp3) is 0.167. The molecule has 0 saturated heterocycles. The van der Waals surface area contributed by atoms with Gasteiger partial charge in [-0.05, 0) is 40.5 Å². The lowest BCUT2D eigenvalue weighted by Crippen LogP contribution is -2.03. The molecule has 0 amide bonds. The van der Waals surface area contributed by atoms with Crippen molar-refractivity contribution in [3.05, 3.63) is 51.1 Å². The molecule has 2 rings (SSSR count). The molecule has 0 aliphatic rings. The van der Waals surface area contributed by atoms with Crippen LogP contribution in [-0.4, -0.2) is 9.97 Å². The predicted molar refractivity (Wildman–Crippen MR) is 73.2 cm³/mol. The number of anilines is 1. The summed E-state index contributed by atoms with van der Waals surface area (Å²) in [5.41, 5.74) is 0.883. The van der Waals surface area contributed by atoms with Crippen LogP contribution in [0.1, 0.15) is 11.4 Å². The van der Waals surface area contributed by atoms with Crippen LogP contribution in [0.4, 0.5) is 10.2 Å². The second-order valence-corrected chi connectivity index (χ2v) is 4.94. The summed E-state index contributed by atoms with van der Waals surface area (Å²) in [7, 11) is 0. The summed E-state index contributed by atoms with van der Waals surface area (Å²) in [5.74, 6) is 0.958. The number of nitrogens with one attached hydrogen (secondary N) is 1. The first-order chi connectivity index (χ1) is 8.54. The molecule has 1 aromatic heterocycles. The summed E-state index contributed by atoms with van der Waals surface area (Å²) in [6.07, 6.45) is 0. The van der Waals surface area contributed by atoms with Crippen molar-refractivity contribution in [3.63, 3.8) is 0 Å². The molecule has 0 aliphatic carbocycles. The number of halogens is 3. The number of aromatic nitrogens is 2.